The highest BCUT2D eigenvalue weighted by molar-refractivity contribution is 5.72. The first-order valence-electron chi connectivity index (χ1n) is 15.6. The molecule has 2 aromatic rings. The summed E-state index contributed by atoms with van der Waals surface area (Å²) in [6.07, 6.45) is 3.21. The Morgan fingerprint density at radius 3 is 1.22 bits per heavy atom. The van der Waals surface area contributed by atoms with Crippen LogP contribution in [-0.4, -0.2) is 11.9 Å². The van der Waals surface area contributed by atoms with Gasteiger partial charge in [0.15, 0.2) is 0 Å². The Balaban J connectivity index is 2.50. The molecule has 1 unspecified atom stereocenters. The zero-order chi connectivity index (χ0) is 31.0. The Kier molecular flexibility index (Phi) is 9.88. The minimum atomic E-state index is -0.284. The van der Waals surface area contributed by atoms with Crippen LogP contribution in [0.5, 0.6) is 11.5 Å². The highest BCUT2D eigenvalue weighted by Gasteiger charge is 2.46. The highest BCUT2D eigenvalue weighted by Crippen LogP contribution is 2.56. The van der Waals surface area contributed by atoms with E-state index in [4.69, 9.17) is 9.47 Å². The smallest absolute Gasteiger partial charge is 0.308 e. The summed E-state index contributed by atoms with van der Waals surface area (Å²) in [6.45, 7) is 27.6. The van der Waals surface area contributed by atoms with Crippen molar-refractivity contribution in [3.63, 3.8) is 0 Å². The molecule has 4 heteroatoms. The van der Waals surface area contributed by atoms with Gasteiger partial charge in [0.2, 0.25) is 0 Å². The van der Waals surface area contributed by atoms with Crippen molar-refractivity contribution in [3.05, 3.63) is 57.6 Å². The van der Waals surface area contributed by atoms with E-state index in [0.29, 0.717) is 5.92 Å². The second-order valence-corrected chi connectivity index (χ2v) is 14.7. The van der Waals surface area contributed by atoms with Crippen LogP contribution >= 0.6 is 0 Å². The second-order valence-electron chi connectivity index (χ2n) is 14.7. The molecule has 0 heterocycles. The molecule has 0 bridgehead atoms. The molecule has 2 aromatic carbocycles. The van der Waals surface area contributed by atoms with Gasteiger partial charge in [-0.2, -0.15) is 0 Å². The molecular formula is C37H54O4. The largest absolute Gasteiger partial charge is 0.426 e. The average molecular weight is 563 g/mol. The van der Waals surface area contributed by atoms with Gasteiger partial charge in [-0.3, -0.25) is 9.59 Å². The SMILES string of the molecule is CC(=O)Oc1c(C(C)C)cc(C2(c3cc(C(C)C)c(OC(C)=O)c(C(C)C)c3)CC(C)CC(C)(C)C2)cc1C(C)C. The summed E-state index contributed by atoms with van der Waals surface area (Å²) in [6, 6.07) is 9.31. The molecule has 0 N–H and O–H groups in total. The van der Waals surface area contributed by atoms with Crippen LogP contribution in [0.3, 0.4) is 0 Å². The molecule has 1 aliphatic rings. The van der Waals surface area contributed by atoms with E-state index in [1.165, 1.54) is 31.4 Å². The van der Waals surface area contributed by atoms with Crippen molar-refractivity contribution in [1.29, 1.82) is 0 Å². The number of rotatable bonds is 8. The molecule has 1 saturated carbocycles. The van der Waals surface area contributed by atoms with E-state index in [1.54, 1.807) is 0 Å². The van der Waals surface area contributed by atoms with Crippen molar-refractivity contribution < 1.29 is 19.1 Å². The summed E-state index contributed by atoms with van der Waals surface area (Å²) in [5.74, 6) is 2.17. The molecule has 1 aliphatic carbocycles. The van der Waals surface area contributed by atoms with E-state index in [2.05, 4.69) is 100 Å². The minimum Gasteiger partial charge on any atom is -0.426 e. The van der Waals surface area contributed by atoms with Crippen LogP contribution in [0, 0.1) is 11.3 Å². The number of benzene rings is 2. The second kappa shape index (κ2) is 12.3. The summed E-state index contributed by atoms with van der Waals surface area (Å²) < 4.78 is 11.8. The lowest BCUT2D eigenvalue weighted by Crippen LogP contribution is -2.41. The van der Waals surface area contributed by atoms with Crippen LogP contribution in [0.15, 0.2) is 24.3 Å². The Morgan fingerprint density at radius 2 is 0.976 bits per heavy atom. The van der Waals surface area contributed by atoms with Crippen LogP contribution in [0.1, 0.15) is 166 Å². The van der Waals surface area contributed by atoms with Gasteiger partial charge in [-0.1, -0.05) is 100 Å². The van der Waals surface area contributed by atoms with Crippen LogP contribution < -0.4 is 9.47 Å². The minimum absolute atomic E-state index is 0.132. The topological polar surface area (TPSA) is 52.6 Å². The van der Waals surface area contributed by atoms with Crippen molar-refractivity contribution in [2.45, 2.75) is 138 Å². The van der Waals surface area contributed by atoms with Crippen LogP contribution in [0.4, 0.5) is 0 Å². The van der Waals surface area contributed by atoms with Gasteiger partial charge < -0.3 is 9.47 Å². The van der Waals surface area contributed by atoms with Gasteiger partial charge in [0.25, 0.3) is 0 Å². The number of hydrogen-bond acceptors (Lipinski definition) is 4. The van der Waals surface area contributed by atoms with E-state index in [9.17, 15) is 9.59 Å². The predicted octanol–water partition coefficient (Wildman–Crippen LogP) is 10.2. The van der Waals surface area contributed by atoms with Crippen molar-refractivity contribution in [2.24, 2.45) is 11.3 Å². The highest BCUT2D eigenvalue weighted by atomic mass is 16.5. The van der Waals surface area contributed by atoms with Crippen LogP contribution in [-0.2, 0) is 15.0 Å². The van der Waals surface area contributed by atoms with E-state index in [1.807, 2.05) is 0 Å². The van der Waals surface area contributed by atoms with Crippen molar-refractivity contribution >= 4 is 11.9 Å². The molecule has 4 nitrogen and oxygen atoms in total. The maximum Gasteiger partial charge on any atom is 0.308 e. The monoisotopic (exact) mass is 562 g/mol. The normalized spacial score (nSPS) is 18.3. The molecular weight excluding hydrogens is 508 g/mol. The molecule has 0 aliphatic heterocycles. The van der Waals surface area contributed by atoms with Crippen molar-refractivity contribution in [1.82, 2.24) is 0 Å². The molecule has 0 spiro atoms. The Hall–Kier alpha value is -2.62. The number of carbonyl (C=O) groups is 2. The molecule has 41 heavy (non-hydrogen) atoms. The third-order valence-electron chi connectivity index (χ3n) is 8.76. The summed E-state index contributed by atoms with van der Waals surface area (Å²) in [5, 5.41) is 0. The number of esters is 2. The summed E-state index contributed by atoms with van der Waals surface area (Å²) in [7, 11) is 0. The summed E-state index contributed by atoms with van der Waals surface area (Å²) >= 11 is 0. The zero-order valence-electron chi connectivity index (χ0n) is 28.0. The van der Waals surface area contributed by atoms with Gasteiger partial charge in [0.05, 0.1) is 0 Å². The van der Waals surface area contributed by atoms with Gasteiger partial charge in [-0.05, 0) is 87.6 Å². The van der Waals surface area contributed by atoms with Crippen molar-refractivity contribution in [2.75, 3.05) is 0 Å². The summed E-state index contributed by atoms with van der Waals surface area (Å²) in [5.41, 5.74) is 6.82. The third kappa shape index (κ3) is 7.07. The number of carbonyl (C=O) groups excluding carboxylic acids is 2. The van der Waals surface area contributed by atoms with Gasteiger partial charge in [-0.15, -0.1) is 0 Å². The molecule has 3 rings (SSSR count). The molecule has 0 amide bonds. The quantitative estimate of drug-likeness (QED) is 0.237. The third-order valence-corrected chi connectivity index (χ3v) is 8.76. The maximum atomic E-state index is 12.2. The van der Waals surface area contributed by atoms with Gasteiger partial charge in [0, 0.05) is 19.3 Å². The molecule has 0 aromatic heterocycles. The lowest BCUT2D eigenvalue weighted by atomic mass is 9.55. The molecule has 1 fully saturated rings. The van der Waals surface area contributed by atoms with Crippen LogP contribution in [0.2, 0.25) is 0 Å². The average Bonchev–Trinajstić information content (AvgIpc) is 2.81. The lowest BCUT2D eigenvalue weighted by Gasteiger charge is -2.49. The molecule has 0 radical (unpaired) electrons. The van der Waals surface area contributed by atoms with E-state index in [-0.39, 0.29) is 46.4 Å². The predicted molar refractivity (Wildman–Crippen MR) is 169 cm³/mol. The lowest BCUT2D eigenvalue weighted by molar-refractivity contribution is -0.133. The van der Waals surface area contributed by atoms with Gasteiger partial charge in [0.1, 0.15) is 11.5 Å². The van der Waals surface area contributed by atoms with E-state index in [0.717, 1.165) is 46.6 Å². The summed E-state index contributed by atoms with van der Waals surface area (Å²) in [4.78, 5) is 24.4. The number of hydrogen-bond donors (Lipinski definition) is 0. The zero-order valence-corrected chi connectivity index (χ0v) is 28.0. The van der Waals surface area contributed by atoms with Crippen LogP contribution in [0.25, 0.3) is 0 Å². The first-order valence-corrected chi connectivity index (χ1v) is 15.6. The standard InChI is InChI=1S/C37H54O4/c1-21(2)30-14-28(15-31(22(3)4)34(30)40-26(10)38)37(19-25(9)18-36(12,13)20-37)29-16-32(23(5)6)35(41-27(11)39)33(17-29)24(7)8/h14-17,21-25H,18-20H2,1-13H3. The molecule has 226 valence electrons. The maximum absolute atomic E-state index is 12.2. The fourth-order valence-electron chi connectivity index (χ4n) is 7.32. The fraction of sp³-hybridized carbons (Fsp3) is 0.622. The van der Waals surface area contributed by atoms with Gasteiger partial charge >= 0.3 is 11.9 Å². The van der Waals surface area contributed by atoms with Gasteiger partial charge in [-0.25, -0.2) is 0 Å². The fourth-order valence-corrected chi connectivity index (χ4v) is 7.32. The Bertz CT molecular complexity index is 1140. The Labute approximate surface area is 249 Å². The van der Waals surface area contributed by atoms with Crippen molar-refractivity contribution in [3.8, 4) is 11.5 Å². The van der Waals surface area contributed by atoms with E-state index < -0.39 is 0 Å². The molecule has 0 saturated heterocycles. The molecule has 1 atom stereocenters. The van der Waals surface area contributed by atoms with E-state index >= 15 is 0 Å². The number of ether oxygens (including phenoxy) is 2. The first kappa shape index (κ1) is 32.9. The first-order chi connectivity index (χ1) is 18.9. The Morgan fingerprint density at radius 1 is 0.659 bits per heavy atom.